The van der Waals surface area contributed by atoms with Crippen molar-refractivity contribution in [2.24, 2.45) is 5.41 Å². The number of quaternary nitrogens is 1. The van der Waals surface area contributed by atoms with E-state index < -0.39 is 11.7 Å². The predicted octanol–water partition coefficient (Wildman–Crippen LogP) is 5.71. The maximum absolute atomic E-state index is 13.8. The Kier molecular flexibility index (Phi) is 4.48. The number of hydroxylamine groups is 3. The van der Waals surface area contributed by atoms with Crippen molar-refractivity contribution in [2.75, 3.05) is 13.1 Å². The number of aromatic nitrogens is 1. The van der Waals surface area contributed by atoms with Crippen LogP contribution in [0.15, 0.2) is 35.9 Å². The summed E-state index contributed by atoms with van der Waals surface area (Å²) in [5.74, 6) is 0. The molecule has 2 aromatic rings. The maximum atomic E-state index is 13.8. The summed E-state index contributed by atoms with van der Waals surface area (Å²) >= 11 is 0. The van der Waals surface area contributed by atoms with E-state index >= 15 is 0 Å². The van der Waals surface area contributed by atoms with Crippen LogP contribution in [0, 0.1) is 10.6 Å². The number of carbonyl (C=O) groups excluding carboxylic acids is 1. The molecule has 0 bridgehead atoms. The van der Waals surface area contributed by atoms with Crippen LogP contribution in [-0.2, 0) is 11.2 Å². The fourth-order valence-electron chi connectivity index (χ4n) is 4.77. The second kappa shape index (κ2) is 6.44. The summed E-state index contributed by atoms with van der Waals surface area (Å²) in [6.07, 6.45) is 3.11. The molecule has 29 heavy (non-hydrogen) atoms. The molecule has 0 saturated heterocycles. The second-order valence-electron chi connectivity index (χ2n) is 10.5. The number of fused-ring (bicyclic) bond motifs is 5. The highest BCUT2D eigenvalue weighted by molar-refractivity contribution is 5.94. The van der Waals surface area contributed by atoms with Crippen molar-refractivity contribution in [3.63, 3.8) is 0 Å². The van der Waals surface area contributed by atoms with Gasteiger partial charge in [0.15, 0.2) is 0 Å². The first kappa shape index (κ1) is 20.2. The zero-order chi connectivity index (χ0) is 21.2. The monoisotopic (exact) mass is 396 g/mol. The van der Waals surface area contributed by atoms with Crippen LogP contribution in [0.2, 0.25) is 0 Å². The van der Waals surface area contributed by atoms with Gasteiger partial charge in [-0.15, -0.1) is 0 Å². The standard InChI is InChI=1S/C24H32N2O3/c1-23(2,3)16-11-13-26(28)14-12-18-17-9-7-8-10-19(17)25(21(18)20(26)15-16)22(27)29-24(4,5)6/h7-11,20H,12-15H2,1-6H3/t20-,26-/m0/s1. The van der Waals surface area contributed by atoms with Crippen molar-refractivity contribution in [2.45, 2.75) is 66.0 Å². The third-order valence-electron chi connectivity index (χ3n) is 6.24. The molecule has 0 unspecified atom stereocenters. The molecule has 2 aliphatic heterocycles. The Balaban J connectivity index is 1.92. The van der Waals surface area contributed by atoms with Crippen LogP contribution in [0.1, 0.15) is 65.3 Å². The highest BCUT2D eigenvalue weighted by Crippen LogP contribution is 2.48. The van der Waals surface area contributed by atoms with Gasteiger partial charge in [-0.05, 0) is 43.9 Å². The molecule has 156 valence electrons. The molecule has 4 rings (SSSR count). The van der Waals surface area contributed by atoms with Crippen LogP contribution in [0.5, 0.6) is 0 Å². The molecular formula is C24H32N2O3. The molecule has 5 nitrogen and oxygen atoms in total. The molecule has 1 aromatic heterocycles. The van der Waals surface area contributed by atoms with Gasteiger partial charge in [-0.25, -0.2) is 9.36 Å². The average molecular weight is 397 g/mol. The Morgan fingerprint density at radius 1 is 1.17 bits per heavy atom. The quantitative estimate of drug-likeness (QED) is 0.325. The van der Waals surface area contributed by atoms with E-state index in [0.29, 0.717) is 25.9 Å². The number of ether oxygens (including phenoxy) is 1. The Bertz CT molecular complexity index is 1000. The summed E-state index contributed by atoms with van der Waals surface area (Å²) in [6, 6.07) is 7.67. The van der Waals surface area contributed by atoms with Crippen molar-refractivity contribution in [3.05, 3.63) is 52.4 Å². The largest absolute Gasteiger partial charge is 0.632 e. The highest BCUT2D eigenvalue weighted by atomic mass is 16.6. The number of para-hydroxylation sites is 1. The van der Waals surface area contributed by atoms with Crippen LogP contribution in [0.3, 0.4) is 0 Å². The van der Waals surface area contributed by atoms with Crippen LogP contribution < -0.4 is 0 Å². The summed E-state index contributed by atoms with van der Waals surface area (Å²) in [4.78, 5) is 13.3. The van der Waals surface area contributed by atoms with Crippen LogP contribution in [0.25, 0.3) is 10.9 Å². The molecule has 1 aromatic carbocycles. The van der Waals surface area contributed by atoms with Gasteiger partial charge in [0.1, 0.15) is 11.6 Å². The smallest absolute Gasteiger partial charge is 0.419 e. The fourth-order valence-corrected chi connectivity index (χ4v) is 4.77. The van der Waals surface area contributed by atoms with Gasteiger partial charge in [0.2, 0.25) is 0 Å². The second-order valence-corrected chi connectivity index (χ2v) is 10.5. The number of hydrogen-bond donors (Lipinski definition) is 0. The Morgan fingerprint density at radius 2 is 1.86 bits per heavy atom. The minimum absolute atomic E-state index is 0.00558. The lowest BCUT2D eigenvalue weighted by Gasteiger charge is -2.54. The van der Waals surface area contributed by atoms with E-state index in [1.807, 2.05) is 39.0 Å². The molecule has 3 heterocycles. The lowest BCUT2D eigenvalue weighted by atomic mass is 9.78. The van der Waals surface area contributed by atoms with Crippen LogP contribution >= 0.6 is 0 Å². The van der Waals surface area contributed by atoms with Crippen molar-refractivity contribution >= 4 is 17.0 Å². The number of benzene rings is 1. The van der Waals surface area contributed by atoms with Gasteiger partial charge < -0.3 is 14.6 Å². The van der Waals surface area contributed by atoms with Crippen LogP contribution in [0.4, 0.5) is 4.79 Å². The van der Waals surface area contributed by atoms with Gasteiger partial charge >= 0.3 is 6.09 Å². The summed E-state index contributed by atoms with van der Waals surface area (Å²) in [5, 5.41) is 14.9. The Morgan fingerprint density at radius 3 is 2.52 bits per heavy atom. The zero-order valence-electron chi connectivity index (χ0n) is 18.4. The first-order valence-corrected chi connectivity index (χ1v) is 10.5. The minimum Gasteiger partial charge on any atom is -0.632 e. The van der Waals surface area contributed by atoms with Crippen molar-refractivity contribution in [1.29, 1.82) is 0 Å². The minimum atomic E-state index is -0.601. The van der Waals surface area contributed by atoms with E-state index in [1.165, 1.54) is 5.57 Å². The third kappa shape index (κ3) is 3.40. The van der Waals surface area contributed by atoms with E-state index in [9.17, 15) is 10.0 Å². The number of nitrogens with zero attached hydrogens (tertiary/aromatic N) is 2. The fraction of sp³-hybridized carbons (Fsp3) is 0.542. The summed E-state index contributed by atoms with van der Waals surface area (Å²) < 4.78 is 7.17. The number of hydrogen-bond acceptors (Lipinski definition) is 3. The molecule has 2 aliphatic rings. The topological polar surface area (TPSA) is 54.3 Å². The average Bonchev–Trinajstić information content (AvgIpc) is 2.93. The van der Waals surface area contributed by atoms with E-state index in [0.717, 1.165) is 22.2 Å². The van der Waals surface area contributed by atoms with Crippen molar-refractivity contribution in [3.8, 4) is 0 Å². The molecule has 0 fully saturated rings. The lowest BCUT2D eigenvalue weighted by molar-refractivity contribution is -0.910. The Hall–Kier alpha value is -2.11. The molecule has 5 heteroatoms. The van der Waals surface area contributed by atoms with Gasteiger partial charge in [0.25, 0.3) is 0 Å². The molecular weight excluding hydrogens is 364 g/mol. The zero-order valence-corrected chi connectivity index (χ0v) is 18.4. The van der Waals surface area contributed by atoms with Gasteiger partial charge in [0, 0.05) is 18.2 Å². The van der Waals surface area contributed by atoms with Gasteiger partial charge in [-0.2, -0.15) is 0 Å². The first-order valence-electron chi connectivity index (χ1n) is 10.5. The van der Waals surface area contributed by atoms with E-state index in [4.69, 9.17) is 4.74 Å². The van der Waals surface area contributed by atoms with E-state index in [1.54, 1.807) is 4.57 Å². The molecule has 0 aliphatic carbocycles. The Labute approximate surface area is 173 Å². The molecule has 0 N–H and O–H groups in total. The normalized spacial score (nSPS) is 24.7. The maximum Gasteiger partial charge on any atom is 0.419 e. The molecule has 0 amide bonds. The molecule has 0 saturated carbocycles. The highest BCUT2D eigenvalue weighted by Gasteiger charge is 2.44. The van der Waals surface area contributed by atoms with Gasteiger partial charge in [0.05, 0.1) is 24.3 Å². The van der Waals surface area contributed by atoms with E-state index in [-0.39, 0.29) is 16.1 Å². The van der Waals surface area contributed by atoms with Gasteiger partial charge in [-0.1, -0.05) is 44.5 Å². The molecule has 0 radical (unpaired) electrons. The first-order chi connectivity index (χ1) is 13.4. The third-order valence-corrected chi connectivity index (χ3v) is 6.24. The SMILES string of the molecule is CC(C)(C)OC(=O)n1c2c(c3ccccc31)CC[N@@+]1([O-])CC=C(C(C)(C)C)C[C@@H]21. The lowest BCUT2D eigenvalue weighted by Crippen LogP contribution is -2.53. The van der Waals surface area contributed by atoms with Crippen molar-refractivity contribution in [1.82, 2.24) is 4.57 Å². The predicted molar refractivity (Wildman–Crippen MR) is 116 cm³/mol. The molecule has 0 spiro atoms. The summed E-state index contributed by atoms with van der Waals surface area (Å²) in [7, 11) is 0. The van der Waals surface area contributed by atoms with Crippen LogP contribution in [-0.4, -0.2) is 34.0 Å². The summed E-state index contributed by atoms with van der Waals surface area (Å²) in [5.41, 5.74) is 3.53. The number of carbonyl (C=O) groups is 1. The van der Waals surface area contributed by atoms with E-state index in [2.05, 4.69) is 32.9 Å². The molecule has 2 atom stereocenters. The summed E-state index contributed by atoms with van der Waals surface area (Å²) in [6.45, 7) is 13.2. The van der Waals surface area contributed by atoms with Crippen molar-refractivity contribution < 1.29 is 14.2 Å². The number of rotatable bonds is 0. The van der Waals surface area contributed by atoms with Gasteiger partial charge in [-0.3, -0.25) is 0 Å².